The van der Waals surface area contributed by atoms with E-state index in [9.17, 15) is 9.59 Å². The number of carbonyl (C=O) groups is 2. The predicted octanol–water partition coefficient (Wildman–Crippen LogP) is 2.13. The Bertz CT molecular complexity index is 774. The maximum atomic E-state index is 12.6. The number of halogens is 2. The van der Waals surface area contributed by atoms with Crippen LogP contribution in [0.5, 0.6) is 0 Å². The van der Waals surface area contributed by atoms with E-state index in [-0.39, 0.29) is 36.9 Å². The zero-order chi connectivity index (χ0) is 19.1. The van der Waals surface area contributed by atoms with Crippen LogP contribution in [-0.2, 0) is 11.3 Å². The number of nitrogens with one attached hydrogen (secondary N) is 3. The summed E-state index contributed by atoms with van der Waals surface area (Å²) in [6.45, 7) is 2.30. The zero-order valence-corrected chi connectivity index (χ0v) is 16.8. The molecule has 1 fully saturated rings. The molecule has 0 spiro atoms. The molecule has 3 amide bonds. The third-order valence-electron chi connectivity index (χ3n) is 4.40. The molecule has 9 heteroatoms. The van der Waals surface area contributed by atoms with E-state index in [0.717, 1.165) is 17.7 Å². The predicted molar refractivity (Wildman–Crippen MR) is 110 cm³/mol. The number of benzene rings is 1. The van der Waals surface area contributed by atoms with E-state index in [1.54, 1.807) is 29.4 Å². The van der Waals surface area contributed by atoms with Gasteiger partial charge in [0.2, 0.25) is 5.91 Å². The van der Waals surface area contributed by atoms with Gasteiger partial charge in [-0.25, -0.2) is 4.79 Å². The van der Waals surface area contributed by atoms with Crippen LogP contribution in [0.1, 0.15) is 17.2 Å². The molecule has 3 rings (SSSR count). The number of pyridine rings is 1. The Hall–Kier alpha value is -2.35. The lowest BCUT2D eigenvalue weighted by molar-refractivity contribution is -0.133. The van der Waals surface area contributed by atoms with E-state index in [0.29, 0.717) is 24.7 Å². The molecule has 2 aromatic rings. The highest BCUT2D eigenvalue weighted by molar-refractivity contribution is 6.30. The van der Waals surface area contributed by atoms with E-state index in [1.165, 1.54) is 0 Å². The molecule has 28 heavy (non-hydrogen) atoms. The van der Waals surface area contributed by atoms with Crippen LogP contribution < -0.4 is 16.0 Å². The summed E-state index contributed by atoms with van der Waals surface area (Å²) >= 11 is 5.84. The summed E-state index contributed by atoms with van der Waals surface area (Å²) in [6, 6.07) is 10.6. The van der Waals surface area contributed by atoms with Crippen molar-refractivity contribution in [2.75, 3.05) is 26.2 Å². The van der Waals surface area contributed by atoms with Crippen LogP contribution in [0.4, 0.5) is 4.79 Å². The molecule has 3 N–H and O–H groups in total. The van der Waals surface area contributed by atoms with Gasteiger partial charge in [0.1, 0.15) is 0 Å². The van der Waals surface area contributed by atoms with Gasteiger partial charge in [-0.1, -0.05) is 29.8 Å². The van der Waals surface area contributed by atoms with Gasteiger partial charge in [-0.3, -0.25) is 9.78 Å². The fourth-order valence-corrected chi connectivity index (χ4v) is 3.10. The first-order valence-corrected chi connectivity index (χ1v) is 9.17. The quantitative estimate of drug-likeness (QED) is 0.687. The number of nitrogens with zero attached hydrogens (tertiary/aromatic N) is 2. The first kappa shape index (κ1) is 21.9. The third kappa shape index (κ3) is 6.09. The van der Waals surface area contributed by atoms with Crippen molar-refractivity contribution >= 4 is 35.9 Å². The smallest absolute Gasteiger partial charge is 0.315 e. The first-order valence-electron chi connectivity index (χ1n) is 8.80. The van der Waals surface area contributed by atoms with E-state index in [2.05, 4.69) is 20.9 Å². The van der Waals surface area contributed by atoms with Crippen LogP contribution in [0.3, 0.4) is 0 Å². The molecule has 7 nitrogen and oxygen atoms in total. The Kier molecular flexibility index (Phi) is 8.50. The Morgan fingerprint density at radius 2 is 2.00 bits per heavy atom. The standard InChI is InChI=1S/C19H22ClN5O2.ClH/c20-16-5-3-14(4-6-16)10-23-19(27)24-13-18(26)25-9-8-22-12-17(25)15-2-1-7-21-11-15;/h1-7,11,17,22H,8-10,12-13H2,(H2,23,24,27);1H. The molecular weight excluding hydrogens is 401 g/mol. The van der Waals surface area contributed by atoms with Crippen LogP contribution in [0, 0.1) is 0 Å². The number of aromatic nitrogens is 1. The SMILES string of the molecule is Cl.O=C(NCC(=O)N1CCNCC1c1cccnc1)NCc1ccc(Cl)cc1. The van der Waals surface area contributed by atoms with E-state index in [4.69, 9.17) is 11.6 Å². The summed E-state index contributed by atoms with van der Waals surface area (Å²) < 4.78 is 0. The second kappa shape index (κ2) is 10.8. The molecule has 0 aliphatic carbocycles. The molecule has 1 aliphatic heterocycles. The summed E-state index contributed by atoms with van der Waals surface area (Å²) in [6.07, 6.45) is 3.47. The minimum Gasteiger partial charge on any atom is -0.334 e. The lowest BCUT2D eigenvalue weighted by atomic mass is 10.1. The monoisotopic (exact) mass is 423 g/mol. The lowest BCUT2D eigenvalue weighted by Crippen LogP contribution is -2.52. The summed E-state index contributed by atoms with van der Waals surface area (Å²) in [5.74, 6) is -0.119. The highest BCUT2D eigenvalue weighted by atomic mass is 35.5. The minimum atomic E-state index is -0.383. The Balaban J connectivity index is 0.00000280. The van der Waals surface area contributed by atoms with Gasteiger partial charge in [-0.05, 0) is 29.3 Å². The molecule has 0 bridgehead atoms. The summed E-state index contributed by atoms with van der Waals surface area (Å²) in [5, 5.41) is 9.30. The van der Waals surface area contributed by atoms with E-state index < -0.39 is 0 Å². The van der Waals surface area contributed by atoms with E-state index >= 15 is 0 Å². The summed E-state index contributed by atoms with van der Waals surface area (Å²) in [4.78, 5) is 30.5. The highest BCUT2D eigenvalue weighted by Crippen LogP contribution is 2.21. The molecule has 0 radical (unpaired) electrons. The third-order valence-corrected chi connectivity index (χ3v) is 4.65. The van der Waals surface area contributed by atoms with Crippen molar-refractivity contribution in [3.05, 3.63) is 64.9 Å². The molecular formula is C19H23Cl2N5O2. The van der Waals surface area contributed by atoms with Crippen molar-refractivity contribution in [3.63, 3.8) is 0 Å². The fourth-order valence-electron chi connectivity index (χ4n) is 2.98. The highest BCUT2D eigenvalue weighted by Gasteiger charge is 2.27. The van der Waals surface area contributed by atoms with Crippen molar-refractivity contribution in [2.24, 2.45) is 0 Å². The van der Waals surface area contributed by atoms with Crippen LogP contribution in [0.25, 0.3) is 0 Å². The molecule has 1 unspecified atom stereocenters. The van der Waals surface area contributed by atoms with Crippen molar-refractivity contribution in [3.8, 4) is 0 Å². The zero-order valence-electron chi connectivity index (χ0n) is 15.2. The van der Waals surface area contributed by atoms with Crippen molar-refractivity contribution in [1.82, 2.24) is 25.8 Å². The van der Waals surface area contributed by atoms with Crippen LogP contribution in [-0.4, -0.2) is 48.0 Å². The first-order chi connectivity index (χ1) is 13.1. The van der Waals surface area contributed by atoms with Gasteiger partial charge in [0.25, 0.3) is 0 Å². The van der Waals surface area contributed by atoms with Gasteiger partial charge in [-0.2, -0.15) is 0 Å². The average Bonchev–Trinajstić information content (AvgIpc) is 2.72. The van der Waals surface area contributed by atoms with Crippen molar-refractivity contribution in [2.45, 2.75) is 12.6 Å². The molecule has 0 saturated carbocycles. The van der Waals surface area contributed by atoms with Gasteiger partial charge in [0.05, 0.1) is 12.6 Å². The molecule has 2 heterocycles. The molecule has 150 valence electrons. The van der Waals surface area contributed by atoms with Gasteiger partial charge in [0.15, 0.2) is 0 Å². The number of hydrogen-bond donors (Lipinski definition) is 3. The summed E-state index contributed by atoms with van der Waals surface area (Å²) in [7, 11) is 0. The largest absolute Gasteiger partial charge is 0.334 e. The molecule has 1 aromatic heterocycles. The van der Waals surface area contributed by atoms with Gasteiger partial charge in [-0.15, -0.1) is 12.4 Å². The number of carbonyl (C=O) groups excluding carboxylic acids is 2. The van der Waals surface area contributed by atoms with Crippen LogP contribution in [0.2, 0.25) is 5.02 Å². The Morgan fingerprint density at radius 3 is 2.71 bits per heavy atom. The number of rotatable bonds is 5. The maximum Gasteiger partial charge on any atom is 0.315 e. The average molecular weight is 424 g/mol. The topological polar surface area (TPSA) is 86.4 Å². The van der Waals surface area contributed by atoms with Gasteiger partial charge >= 0.3 is 6.03 Å². The maximum absolute atomic E-state index is 12.6. The molecule has 1 saturated heterocycles. The second-order valence-electron chi connectivity index (χ2n) is 6.26. The van der Waals surface area contributed by atoms with Crippen LogP contribution in [0.15, 0.2) is 48.8 Å². The number of amides is 3. The number of piperazine rings is 1. The van der Waals surface area contributed by atoms with Gasteiger partial charge in [0, 0.05) is 43.6 Å². The normalized spacial score (nSPS) is 16.0. The van der Waals surface area contributed by atoms with Crippen molar-refractivity contribution in [1.29, 1.82) is 0 Å². The van der Waals surface area contributed by atoms with Gasteiger partial charge < -0.3 is 20.9 Å². The fraction of sp³-hybridized carbons (Fsp3) is 0.316. The van der Waals surface area contributed by atoms with Crippen molar-refractivity contribution < 1.29 is 9.59 Å². The lowest BCUT2D eigenvalue weighted by Gasteiger charge is -2.36. The van der Waals surface area contributed by atoms with Crippen LogP contribution >= 0.6 is 24.0 Å². The summed E-state index contributed by atoms with van der Waals surface area (Å²) in [5.41, 5.74) is 1.91. The number of hydrogen-bond acceptors (Lipinski definition) is 4. The minimum absolute atomic E-state index is 0. The molecule has 1 aromatic carbocycles. The number of urea groups is 1. The molecule has 1 aliphatic rings. The van der Waals surface area contributed by atoms with E-state index in [1.807, 2.05) is 24.3 Å². The molecule has 1 atom stereocenters. The second-order valence-corrected chi connectivity index (χ2v) is 6.69. The Labute approximate surface area is 175 Å². The Morgan fingerprint density at radius 1 is 1.21 bits per heavy atom.